The van der Waals surface area contributed by atoms with Gasteiger partial charge in [0.05, 0.1) is 12.1 Å². The highest BCUT2D eigenvalue weighted by molar-refractivity contribution is 9.10. The summed E-state index contributed by atoms with van der Waals surface area (Å²) in [5, 5.41) is 14.2. The van der Waals surface area contributed by atoms with E-state index < -0.39 is 18.0 Å². The van der Waals surface area contributed by atoms with Crippen molar-refractivity contribution < 1.29 is 14.7 Å². The maximum atomic E-state index is 11.9. The maximum absolute atomic E-state index is 11.9. The molecule has 1 aromatic carbocycles. The number of nitrogens with one attached hydrogen (secondary N) is 2. The van der Waals surface area contributed by atoms with E-state index in [2.05, 4.69) is 26.6 Å². The molecule has 0 radical (unpaired) electrons. The van der Waals surface area contributed by atoms with Crippen LogP contribution in [0.5, 0.6) is 0 Å². The molecule has 0 saturated heterocycles. The van der Waals surface area contributed by atoms with Crippen molar-refractivity contribution in [3.63, 3.8) is 0 Å². The molecule has 6 heteroatoms. The molecule has 1 unspecified atom stereocenters. The first-order chi connectivity index (χ1) is 9.31. The number of hydrogen-bond donors (Lipinski definition) is 3. The fourth-order valence-corrected chi connectivity index (χ4v) is 2.08. The normalized spacial score (nSPS) is 12.1. The molecule has 0 aromatic heterocycles. The van der Waals surface area contributed by atoms with E-state index in [4.69, 9.17) is 5.11 Å². The topological polar surface area (TPSA) is 78.4 Å². The van der Waals surface area contributed by atoms with E-state index in [1.807, 2.05) is 32.9 Å². The number of aliphatic carboxylic acids is 1. The summed E-state index contributed by atoms with van der Waals surface area (Å²) in [6.45, 7) is 5.67. The summed E-state index contributed by atoms with van der Waals surface area (Å²) >= 11 is 3.41. The molecule has 1 aromatic rings. The number of benzene rings is 1. The van der Waals surface area contributed by atoms with Gasteiger partial charge in [-0.1, -0.05) is 26.0 Å². The molecular formula is C14H19BrN2O3. The van der Waals surface area contributed by atoms with Gasteiger partial charge in [0.1, 0.15) is 0 Å². The first kappa shape index (κ1) is 16.5. The van der Waals surface area contributed by atoms with Gasteiger partial charge in [-0.25, -0.2) is 4.79 Å². The molecule has 20 heavy (non-hydrogen) atoms. The number of urea groups is 1. The highest BCUT2D eigenvalue weighted by Gasteiger charge is 2.19. The van der Waals surface area contributed by atoms with Crippen molar-refractivity contribution in [2.45, 2.75) is 33.2 Å². The number of carboxylic acid groups (broad SMARTS) is 1. The van der Waals surface area contributed by atoms with Crippen molar-refractivity contribution >= 4 is 33.6 Å². The van der Waals surface area contributed by atoms with Crippen LogP contribution in [0.2, 0.25) is 0 Å². The first-order valence-corrected chi connectivity index (χ1v) is 7.15. The van der Waals surface area contributed by atoms with E-state index in [0.717, 1.165) is 10.0 Å². The molecule has 0 aliphatic rings. The van der Waals surface area contributed by atoms with Crippen LogP contribution in [0.15, 0.2) is 22.7 Å². The molecular weight excluding hydrogens is 324 g/mol. The maximum Gasteiger partial charge on any atom is 0.319 e. The lowest BCUT2D eigenvalue weighted by Crippen LogP contribution is -2.42. The number of rotatable bonds is 5. The molecule has 110 valence electrons. The van der Waals surface area contributed by atoms with Crippen molar-refractivity contribution in [1.82, 2.24) is 5.32 Å². The minimum absolute atomic E-state index is 0.0396. The van der Waals surface area contributed by atoms with Crippen LogP contribution in [0.4, 0.5) is 10.5 Å². The Balaban J connectivity index is 2.70. The van der Waals surface area contributed by atoms with Gasteiger partial charge in [0.15, 0.2) is 0 Å². The fourth-order valence-electron chi connectivity index (χ4n) is 1.71. The van der Waals surface area contributed by atoms with E-state index in [0.29, 0.717) is 5.69 Å². The summed E-state index contributed by atoms with van der Waals surface area (Å²) in [5.41, 5.74) is 1.66. The van der Waals surface area contributed by atoms with Crippen molar-refractivity contribution in [3.05, 3.63) is 28.2 Å². The van der Waals surface area contributed by atoms with E-state index in [-0.39, 0.29) is 12.3 Å². The Morgan fingerprint density at radius 1 is 1.35 bits per heavy atom. The Kier molecular flexibility index (Phi) is 6.01. The van der Waals surface area contributed by atoms with Crippen LogP contribution >= 0.6 is 15.9 Å². The lowest BCUT2D eigenvalue weighted by Gasteiger charge is -2.21. The number of carbonyl (C=O) groups excluding carboxylic acids is 1. The van der Waals surface area contributed by atoms with Crippen molar-refractivity contribution in [2.75, 3.05) is 5.32 Å². The summed E-state index contributed by atoms with van der Waals surface area (Å²) in [6.07, 6.45) is -0.0971. The zero-order valence-corrected chi connectivity index (χ0v) is 13.3. The van der Waals surface area contributed by atoms with Crippen LogP contribution < -0.4 is 10.6 Å². The third-order valence-electron chi connectivity index (χ3n) is 2.96. The second-order valence-corrected chi connectivity index (χ2v) is 5.78. The molecule has 5 nitrogen and oxygen atoms in total. The molecule has 0 spiro atoms. The molecule has 0 bridgehead atoms. The van der Waals surface area contributed by atoms with Crippen molar-refractivity contribution in [3.8, 4) is 0 Å². The summed E-state index contributed by atoms with van der Waals surface area (Å²) < 4.78 is 0.814. The van der Waals surface area contributed by atoms with Gasteiger partial charge in [-0.15, -0.1) is 0 Å². The monoisotopic (exact) mass is 342 g/mol. The van der Waals surface area contributed by atoms with Crippen LogP contribution in [0.3, 0.4) is 0 Å². The third-order valence-corrected chi connectivity index (χ3v) is 4.01. The lowest BCUT2D eigenvalue weighted by molar-refractivity contribution is -0.137. The zero-order valence-electron chi connectivity index (χ0n) is 11.7. The second kappa shape index (κ2) is 7.28. The Hall–Kier alpha value is -1.56. The number of amides is 2. The van der Waals surface area contributed by atoms with Gasteiger partial charge in [-0.2, -0.15) is 0 Å². The summed E-state index contributed by atoms with van der Waals surface area (Å²) in [7, 11) is 0. The Morgan fingerprint density at radius 3 is 2.55 bits per heavy atom. The van der Waals surface area contributed by atoms with Gasteiger partial charge in [-0.3, -0.25) is 4.79 Å². The largest absolute Gasteiger partial charge is 0.481 e. The number of aryl methyl sites for hydroxylation is 1. The Labute approximate surface area is 126 Å². The van der Waals surface area contributed by atoms with Crippen molar-refractivity contribution in [1.29, 1.82) is 0 Å². The second-order valence-electron chi connectivity index (χ2n) is 4.98. The van der Waals surface area contributed by atoms with Crippen LogP contribution in [0.25, 0.3) is 0 Å². The van der Waals surface area contributed by atoms with Crippen LogP contribution in [-0.4, -0.2) is 23.1 Å². The van der Waals surface area contributed by atoms with E-state index in [9.17, 15) is 9.59 Å². The molecule has 0 fully saturated rings. The van der Waals surface area contributed by atoms with Gasteiger partial charge < -0.3 is 15.7 Å². The SMILES string of the molecule is Cc1cccc(NC(=O)NC(CC(=O)O)C(C)C)c1Br. The minimum atomic E-state index is -0.930. The van der Waals surface area contributed by atoms with Gasteiger partial charge in [0, 0.05) is 10.5 Å². The molecule has 0 aliphatic carbocycles. The molecule has 1 rings (SSSR count). The van der Waals surface area contributed by atoms with Crippen LogP contribution in [-0.2, 0) is 4.79 Å². The average molecular weight is 343 g/mol. The van der Waals surface area contributed by atoms with Gasteiger partial charge >= 0.3 is 12.0 Å². The summed E-state index contributed by atoms with van der Waals surface area (Å²) in [6, 6.07) is 4.73. The number of hydrogen-bond acceptors (Lipinski definition) is 2. The standard InChI is InChI=1S/C14H19BrN2O3/c1-8(2)11(7-12(18)19)17-14(20)16-10-6-4-5-9(3)13(10)15/h4-6,8,11H,7H2,1-3H3,(H,18,19)(H2,16,17,20). The number of carbonyl (C=O) groups is 2. The predicted molar refractivity (Wildman–Crippen MR) is 81.9 cm³/mol. The lowest BCUT2D eigenvalue weighted by atomic mass is 10.0. The number of anilines is 1. The fraction of sp³-hybridized carbons (Fsp3) is 0.429. The highest BCUT2D eigenvalue weighted by atomic mass is 79.9. The van der Waals surface area contributed by atoms with Crippen LogP contribution in [0.1, 0.15) is 25.8 Å². The zero-order chi connectivity index (χ0) is 15.3. The van der Waals surface area contributed by atoms with E-state index in [1.54, 1.807) is 6.07 Å². The molecule has 0 heterocycles. The van der Waals surface area contributed by atoms with Crippen LogP contribution in [0, 0.1) is 12.8 Å². The third kappa shape index (κ3) is 4.85. The quantitative estimate of drug-likeness (QED) is 0.767. The van der Waals surface area contributed by atoms with Crippen molar-refractivity contribution in [2.24, 2.45) is 5.92 Å². The molecule has 1 atom stereocenters. The Bertz CT molecular complexity index is 503. The molecule has 2 amide bonds. The number of halogens is 1. The summed E-state index contributed by atoms with van der Waals surface area (Å²) in [5.74, 6) is -0.890. The van der Waals surface area contributed by atoms with Gasteiger partial charge in [-0.05, 0) is 40.4 Å². The molecule has 0 saturated carbocycles. The minimum Gasteiger partial charge on any atom is -0.481 e. The molecule has 3 N–H and O–H groups in total. The predicted octanol–water partition coefficient (Wildman–Crippen LogP) is 3.38. The summed E-state index contributed by atoms with van der Waals surface area (Å²) in [4.78, 5) is 22.7. The first-order valence-electron chi connectivity index (χ1n) is 6.35. The number of carboxylic acids is 1. The average Bonchev–Trinajstić information content (AvgIpc) is 2.33. The van der Waals surface area contributed by atoms with E-state index >= 15 is 0 Å². The van der Waals surface area contributed by atoms with Gasteiger partial charge in [0.2, 0.25) is 0 Å². The van der Waals surface area contributed by atoms with Gasteiger partial charge in [0.25, 0.3) is 0 Å². The smallest absolute Gasteiger partial charge is 0.319 e. The Morgan fingerprint density at radius 2 is 2.00 bits per heavy atom. The van der Waals surface area contributed by atoms with E-state index in [1.165, 1.54) is 0 Å². The molecule has 0 aliphatic heterocycles. The highest BCUT2D eigenvalue weighted by Crippen LogP contribution is 2.25.